The number of benzene rings is 1. The van der Waals surface area contributed by atoms with Gasteiger partial charge in [-0.15, -0.1) is 6.58 Å². The predicted octanol–water partition coefficient (Wildman–Crippen LogP) is 3.59. The lowest BCUT2D eigenvalue weighted by Gasteiger charge is -2.09. The summed E-state index contributed by atoms with van der Waals surface area (Å²) >= 11 is 0. The third-order valence-electron chi connectivity index (χ3n) is 3.60. The molecule has 0 radical (unpaired) electrons. The van der Waals surface area contributed by atoms with Gasteiger partial charge in [0.05, 0.1) is 5.69 Å². The van der Waals surface area contributed by atoms with Crippen LogP contribution in [0.3, 0.4) is 0 Å². The minimum atomic E-state index is -0.396. The molecule has 4 heteroatoms. The first-order valence-electron chi connectivity index (χ1n) is 7.55. The molecule has 0 N–H and O–H groups in total. The third-order valence-corrected chi connectivity index (χ3v) is 3.60. The zero-order chi connectivity index (χ0) is 16.8. The maximum Gasteiger partial charge on any atom is 0.333 e. The molecule has 0 spiro atoms. The standard InChI is InChI=1S/C19H22N2O2/c1-5-9-18-20-17(13-23-19(22)14(2)3)15(4)21(18)12-16-10-7-6-8-11-16/h5-8,10-11H,1-2,9,12-13H2,3-4H3. The minimum absolute atomic E-state index is 0.156. The summed E-state index contributed by atoms with van der Waals surface area (Å²) in [5.74, 6) is 0.523. The van der Waals surface area contributed by atoms with Crippen molar-refractivity contribution in [2.24, 2.45) is 0 Å². The molecule has 0 amide bonds. The van der Waals surface area contributed by atoms with E-state index in [1.165, 1.54) is 5.56 Å². The van der Waals surface area contributed by atoms with Crippen LogP contribution in [0.15, 0.2) is 55.1 Å². The van der Waals surface area contributed by atoms with E-state index in [9.17, 15) is 4.79 Å². The van der Waals surface area contributed by atoms with Gasteiger partial charge < -0.3 is 9.30 Å². The lowest BCUT2D eigenvalue weighted by Crippen LogP contribution is -2.07. The molecular formula is C19H22N2O2. The Morgan fingerprint density at radius 2 is 2.04 bits per heavy atom. The summed E-state index contributed by atoms with van der Waals surface area (Å²) in [5, 5.41) is 0. The number of hydrogen-bond donors (Lipinski definition) is 0. The summed E-state index contributed by atoms with van der Waals surface area (Å²) in [7, 11) is 0. The molecule has 1 heterocycles. The maximum atomic E-state index is 11.6. The lowest BCUT2D eigenvalue weighted by atomic mass is 10.2. The number of rotatable bonds is 7. The SMILES string of the molecule is C=CCc1nc(COC(=O)C(=C)C)c(C)n1Cc1ccccc1. The van der Waals surface area contributed by atoms with Crippen LogP contribution < -0.4 is 0 Å². The van der Waals surface area contributed by atoms with Gasteiger partial charge >= 0.3 is 5.97 Å². The van der Waals surface area contributed by atoms with Crippen molar-refractivity contribution in [2.75, 3.05) is 0 Å². The normalized spacial score (nSPS) is 10.3. The molecule has 1 aromatic heterocycles. The zero-order valence-electron chi connectivity index (χ0n) is 13.7. The predicted molar refractivity (Wildman–Crippen MR) is 91.0 cm³/mol. The van der Waals surface area contributed by atoms with Gasteiger partial charge in [-0.25, -0.2) is 9.78 Å². The van der Waals surface area contributed by atoms with E-state index in [1.807, 2.05) is 31.2 Å². The third kappa shape index (κ3) is 4.19. The number of esters is 1. The van der Waals surface area contributed by atoms with Crippen LogP contribution in [0, 0.1) is 6.92 Å². The molecule has 0 aliphatic carbocycles. The molecule has 23 heavy (non-hydrogen) atoms. The van der Waals surface area contributed by atoms with Crippen LogP contribution in [-0.2, 0) is 29.1 Å². The Balaban J connectivity index is 2.24. The van der Waals surface area contributed by atoms with Gasteiger partial charge in [0.15, 0.2) is 0 Å². The van der Waals surface area contributed by atoms with Gasteiger partial charge in [-0.05, 0) is 19.4 Å². The number of aromatic nitrogens is 2. The van der Waals surface area contributed by atoms with E-state index in [-0.39, 0.29) is 6.61 Å². The second kappa shape index (κ2) is 7.58. The van der Waals surface area contributed by atoms with E-state index in [2.05, 4.69) is 34.8 Å². The number of nitrogens with zero attached hydrogens (tertiary/aromatic N) is 2. The van der Waals surface area contributed by atoms with Gasteiger partial charge in [0.2, 0.25) is 0 Å². The Kier molecular flexibility index (Phi) is 5.52. The zero-order valence-corrected chi connectivity index (χ0v) is 13.7. The van der Waals surface area contributed by atoms with Crippen molar-refractivity contribution in [3.63, 3.8) is 0 Å². The highest BCUT2D eigenvalue weighted by atomic mass is 16.5. The van der Waals surface area contributed by atoms with E-state index in [1.54, 1.807) is 6.92 Å². The van der Waals surface area contributed by atoms with E-state index < -0.39 is 5.97 Å². The Bertz CT molecular complexity index is 714. The molecule has 4 nitrogen and oxygen atoms in total. The van der Waals surface area contributed by atoms with Crippen LogP contribution in [0.1, 0.15) is 29.7 Å². The Morgan fingerprint density at radius 3 is 2.65 bits per heavy atom. The smallest absolute Gasteiger partial charge is 0.333 e. The van der Waals surface area contributed by atoms with Crippen LogP contribution in [0.25, 0.3) is 0 Å². The van der Waals surface area contributed by atoms with Crippen LogP contribution in [0.2, 0.25) is 0 Å². The molecule has 2 aromatic rings. The largest absolute Gasteiger partial charge is 0.456 e. The van der Waals surface area contributed by atoms with Crippen molar-refractivity contribution in [2.45, 2.75) is 33.4 Å². The van der Waals surface area contributed by atoms with Crippen molar-refractivity contribution in [1.82, 2.24) is 9.55 Å². The second-order valence-corrected chi connectivity index (χ2v) is 5.48. The van der Waals surface area contributed by atoms with Crippen molar-refractivity contribution in [1.29, 1.82) is 0 Å². The van der Waals surface area contributed by atoms with Crippen molar-refractivity contribution >= 4 is 5.97 Å². The van der Waals surface area contributed by atoms with Gasteiger partial charge in [0, 0.05) is 24.2 Å². The highest BCUT2D eigenvalue weighted by Crippen LogP contribution is 2.16. The number of carbonyl (C=O) groups is 1. The maximum absolute atomic E-state index is 11.6. The lowest BCUT2D eigenvalue weighted by molar-refractivity contribution is -0.140. The number of ether oxygens (including phenoxy) is 1. The van der Waals surface area contributed by atoms with Crippen molar-refractivity contribution in [3.05, 3.63) is 77.9 Å². The monoisotopic (exact) mass is 310 g/mol. The number of carbonyl (C=O) groups excluding carboxylic acids is 1. The molecule has 0 atom stereocenters. The first kappa shape index (κ1) is 16.7. The summed E-state index contributed by atoms with van der Waals surface area (Å²) in [4.78, 5) is 16.2. The van der Waals surface area contributed by atoms with E-state index in [4.69, 9.17) is 4.74 Å². The van der Waals surface area contributed by atoms with Gasteiger partial charge in [-0.1, -0.05) is 43.0 Å². The average molecular weight is 310 g/mol. The van der Waals surface area contributed by atoms with Gasteiger partial charge in [-0.3, -0.25) is 0 Å². The molecule has 0 unspecified atom stereocenters. The fraction of sp³-hybridized carbons (Fsp3) is 0.263. The molecule has 0 bridgehead atoms. The molecule has 0 fully saturated rings. The fourth-order valence-electron chi connectivity index (χ4n) is 2.30. The van der Waals surface area contributed by atoms with Crippen molar-refractivity contribution < 1.29 is 9.53 Å². The highest BCUT2D eigenvalue weighted by Gasteiger charge is 2.15. The molecule has 0 saturated carbocycles. The van der Waals surface area contributed by atoms with Crippen molar-refractivity contribution in [3.8, 4) is 0 Å². The molecular weight excluding hydrogens is 288 g/mol. The number of imidazole rings is 1. The minimum Gasteiger partial charge on any atom is -0.456 e. The molecule has 0 aliphatic rings. The Hall–Kier alpha value is -2.62. The summed E-state index contributed by atoms with van der Waals surface area (Å²) in [6.45, 7) is 11.9. The molecule has 1 aromatic carbocycles. The first-order chi connectivity index (χ1) is 11.0. The number of hydrogen-bond acceptors (Lipinski definition) is 3. The van der Waals surface area contributed by atoms with E-state index in [0.29, 0.717) is 12.0 Å². The molecule has 0 aliphatic heterocycles. The summed E-state index contributed by atoms with van der Waals surface area (Å²) < 4.78 is 7.37. The van der Waals surface area contributed by atoms with Crippen LogP contribution in [0.5, 0.6) is 0 Å². The van der Waals surface area contributed by atoms with Gasteiger partial charge in [0.1, 0.15) is 12.4 Å². The summed E-state index contributed by atoms with van der Waals surface area (Å²) in [6, 6.07) is 10.2. The van der Waals surface area contributed by atoms with E-state index in [0.717, 1.165) is 23.8 Å². The van der Waals surface area contributed by atoms with Gasteiger partial charge in [0.25, 0.3) is 0 Å². The fourth-order valence-corrected chi connectivity index (χ4v) is 2.30. The van der Waals surface area contributed by atoms with E-state index >= 15 is 0 Å². The Morgan fingerprint density at radius 1 is 1.35 bits per heavy atom. The number of allylic oxidation sites excluding steroid dienone is 1. The summed E-state index contributed by atoms with van der Waals surface area (Å²) in [5.41, 5.74) is 3.36. The second-order valence-electron chi connectivity index (χ2n) is 5.48. The highest BCUT2D eigenvalue weighted by molar-refractivity contribution is 5.86. The Labute approximate surface area is 137 Å². The molecule has 120 valence electrons. The van der Waals surface area contributed by atoms with Crippen LogP contribution in [-0.4, -0.2) is 15.5 Å². The molecule has 0 saturated heterocycles. The van der Waals surface area contributed by atoms with Gasteiger partial charge in [-0.2, -0.15) is 0 Å². The summed E-state index contributed by atoms with van der Waals surface area (Å²) in [6.07, 6.45) is 2.50. The molecule has 2 rings (SSSR count). The van der Waals surface area contributed by atoms with Crippen LogP contribution >= 0.6 is 0 Å². The van der Waals surface area contributed by atoms with Crippen LogP contribution in [0.4, 0.5) is 0 Å². The first-order valence-corrected chi connectivity index (χ1v) is 7.55. The topological polar surface area (TPSA) is 44.1 Å². The quantitative estimate of drug-likeness (QED) is 0.446. The average Bonchev–Trinajstić information content (AvgIpc) is 2.82.